The van der Waals surface area contributed by atoms with Crippen LogP contribution in [-0.2, 0) is 9.53 Å². The maximum Gasteiger partial charge on any atom is 0.309 e. The Balaban J connectivity index is 2.72. The number of benzene rings is 1. The molecule has 0 radical (unpaired) electrons. The van der Waals surface area contributed by atoms with Crippen LogP contribution < -0.4 is 0 Å². The van der Waals surface area contributed by atoms with Crippen molar-refractivity contribution in [1.29, 1.82) is 0 Å². The summed E-state index contributed by atoms with van der Waals surface area (Å²) in [5.41, 5.74) is 2.03. The van der Waals surface area contributed by atoms with Gasteiger partial charge in [-0.3, -0.25) is 4.79 Å². The van der Waals surface area contributed by atoms with E-state index < -0.39 is 0 Å². The number of ether oxygens (including phenoxy) is 1. The summed E-state index contributed by atoms with van der Waals surface area (Å²) in [4.78, 5) is 10.9. The van der Waals surface area contributed by atoms with E-state index in [1.54, 1.807) is 6.08 Å². The zero-order valence-corrected chi connectivity index (χ0v) is 9.54. The third-order valence-corrected chi connectivity index (χ3v) is 2.53. The summed E-state index contributed by atoms with van der Waals surface area (Å²) in [6, 6.07) is 5.68. The number of hydrogen-bond donors (Lipinski definition) is 0. The van der Waals surface area contributed by atoms with E-state index in [0.29, 0.717) is 0 Å². The van der Waals surface area contributed by atoms with Gasteiger partial charge in [0.15, 0.2) is 0 Å². The van der Waals surface area contributed by atoms with Crippen molar-refractivity contribution in [2.75, 3.05) is 7.11 Å². The van der Waals surface area contributed by atoms with Gasteiger partial charge in [0, 0.05) is 5.02 Å². The molecular weight excluding hydrogens is 212 g/mol. The lowest BCUT2D eigenvalue weighted by Gasteiger charge is -2.01. The first-order valence-electron chi connectivity index (χ1n) is 4.63. The summed E-state index contributed by atoms with van der Waals surface area (Å²) in [5, 5.41) is 0.732. The lowest BCUT2D eigenvalue weighted by molar-refractivity contribution is -0.139. The second kappa shape index (κ2) is 5.56. The minimum Gasteiger partial charge on any atom is -0.469 e. The molecule has 0 heterocycles. The Morgan fingerprint density at radius 2 is 2.27 bits per heavy atom. The van der Waals surface area contributed by atoms with Crippen LogP contribution in [0.2, 0.25) is 5.02 Å². The number of rotatable bonds is 3. The number of hydrogen-bond acceptors (Lipinski definition) is 2. The van der Waals surface area contributed by atoms with E-state index in [1.165, 1.54) is 7.11 Å². The Kier molecular flexibility index (Phi) is 4.37. The fourth-order valence-corrected chi connectivity index (χ4v) is 1.35. The molecule has 0 aromatic heterocycles. The minimum absolute atomic E-state index is 0.245. The van der Waals surface area contributed by atoms with Gasteiger partial charge in [0.2, 0.25) is 0 Å². The Labute approximate surface area is 94.5 Å². The summed E-state index contributed by atoms with van der Waals surface area (Å²) < 4.78 is 4.53. The molecule has 0 N–H and O–H groups in total. The highest BCUT2D eigenvalue weighted by atomic mass is 35.5. The molecule has 0 spiro atoms. The van der Waals surface area contributed by atoms with Crippen molar-refractivity contribution in [3.05, 3.63) is 40.4 Å². The predicted octanol–water partition coefficient (Wildman–Crippen LogP) is 3.22. The van der Waals surface area contributed by atoms with Gasteiger partial charge >= 0.3 is 5.97 Å². The molecule has 2 nitrogen and oxygen atoms in total. The first-order chi connectivity index (χ1) is 7.15. The van der Waals surface area contributed by atoms with Gasteiger partial charge in [0.25, 0.3) is 0 Å². The quantitative estimate of drug-likeness (QED) is 0.737. The number of carbonyl (C=O) groups excluding carboxylic acids is 1. The number of esters is 1. The molecule has 0 aliphatic heterocycles. The first kappa shape index (κ1) is 11.8. The molecule has 3 heteroatoms. The van der Waals surface area contributed by atoms with Crippen LogP contribution in [0.4, 0.5) is 0 Å². The summed E-state index contributed by atoms with van der Waals surface area (Å²) in [6.07, 6.45) is 3.92. The third-order valence-electron chi connectivity index (χ3n) is 2.12. The minimum atomic E-state index is -0.245. The Morgan fingerprint density at radius 3 is 2.93 bits per heavy atom. The molecule has 0 aliphatic carbocycles. The molecule has 15 heavy (non-hydrogen) atoms. The Bertz CT molecular complexity index is 383. The molecule has 0 saturated heterocycles. The van der Waals surface area contributed by atoms with Gasteiger partial charge in [0.05, 0.1) is 13.5 Å². The molecule has 1 aromatic rings. The van der Waals surface area contributed by atoms with E-state index in [2.05, 4.69) is 4.74 Å². The lowest BCUT2D eigenvalue weighted by Crippen LogP contribution is -1.96. The van der Waals surface area contributed by atoms with Gasteiger partial charge in [-0.2, -0.15) is 0 Å². The molecule has 1 aromatic carbocycles. The molecular formula is C12H13ClO2. The largest absolute Gasteiger partial charge is 0.469 e. The molecule has 1 rings (SSSR count). The van der Waals surface area contributed by atoms with E-state index in [9.17, 15) is 4.79 Å². The van der Waals surface area contributed by atoms with Crippen molar-refractivity contribution in [3.8, 4) is 0 Å². The van der Waals surface area contributed by atoms with Crippen LogP contribution in [0, 0.1) is 6.92 Å². The third kappa shape index (κ3) is 3.40. The van der Waals surface area contributed by atoms with E-state index in [-0.39, 0.29) is 12.4 Å². The molecule has 0 aliphatic rings. The van der Waals surface area contributed by atoms with Gasteiger partial charge in [-0.25, -0.2) is 0 Å². The smallest absolute Gasteiger partial charge is 0.309 e. The molecule has 0 amide bonds. The standard InChI is InChI=1S/C12H13ClO2/c1-9-10(5-3-7-11(9)13)6-4-8-12(14)15-2/h3-7H,8H2,1-2H3. The van der Waals surface area contributed by atoms with Crippen molar-refractivity contribution in [3.63, 3.8) is 0 Å². The maximum atomic E-state index is 10.9. The van der Waals surface area contributed by atoms with Crippen LogP contribution in [0.5, 0.6) is 0 Å². The van der Waals surface area contributed by atoms with Crippen LogP contribution in [0.15, 0.2) is 24.3 Å². The van der Waals surface area contributed by atoms with Gasteiger partial charge in [-0.15, -0.1) is 0 Å². The Morgan fingerprint density at radius 1 is 1.53 bits per heavy atom. The zero-order valence-electron chi connectivity index (χ0n) is 8.79. The predicted molar refractivity (Wildman–Crippen MR) is 61.9 cm³/mol. The maximum absolute atomic E-state index is 10.9. The van der Waals surface area contributed by atoms with Crippen LogP contribution >= 0.6 is 11.6 Å². The summed E-state index contributed by atoms with van der Waals surface area (Å²) in [5.74, 6) is -0.245. The highest BCUT2D eigenvalue weighted by molar-refractivity contribution is 6.31. The Hall–Kier alpha value is -1.28. The van der Waals surface area contributed by atoms with Crippen LogP contribution in [-0.4, -0.2) is 13.1 Å². The first-order valence-corrected chi connectivity index (χ1v) is 5.01. The van der Waals surface area contributed by atoms with Crippen molar-refractivity contribution < 1.29 is 9.53 Å². The topological polar surface area (TPSA) is 26.3 Å². The molecule has 0 atom stereocenters. The molecule has 0 bridgehead atoms. The van der Waals surface area contributed by atoms with Gasteiger partial charge in [0.1, 0.15) is 0 Å². The second-order valence-corrected chi connectivity index (χ2v) is 3.54. The second-order valence-electron chi connectivity index (χ2n) is 3.14. The number of methoxy groups -OCH3 is 1. The van der Waals surface area contributed by atoms with Gasteiger partial charge in [-0.05, 0) is 24.1 Å². The van der Waals surface area contributed by atoms with E-state index in [0.717, 1.165) is 16.1 Å². The monoisotopic (exact) mass is 224 g/mol. The van der Waals surface area contributed by atoms with Crippen molar-refractivity contribution >= 4 is 23.6 Å². The van der Waals surface area contributed by atoms with Crippen LogP contribution in [0.1, 0.15) is 17.5 Å². The van der Waals surface area contributed by atoms with Gasteiger partial charge in [-0.1, -0.05) is 35.9 Å². The molecule has 80 valence electrons. The SMILES string of the molecule is COC(=O)CC=Cc1cccc(Cl)c1C. The fourth-order valence-electron chi connectivity index (χ4n) is 1.17. The summed E-state index contributed by atoms with van der Waals surface area (Å²) in [7, 11) is 1.38. The van der Waals surface area contributed by atoms with E-state index in [1.807, 2.05) is 31.2 Å². The number of carbonyl (C=O) groups is 1. The van der Waals surface area contributed by atoms with Crippen LogP contribution in [0.3, 0.4) is 0 Å². The molecule has 0 saturated carbocycles. The summed E-state index contributed by atoms with van der Waals surface area (Å²) >= 11 is 5.96. The highest BCUT2D eigenvalue weighted by Crippen LogP contribution is 2.19. The summed E-state index contributed by atoms with van der Waals surface area (Å²) in [6.45, 7) is 1.94. The van der Waals surface area contributed by atoms with E-state index in [4.69, 9.17) is 11.6 Å². The number of halogens is 1. The molecule has 0 unspecified atom stereocenters. The average molecular weight is 225 g/mol. The average Bonchev–Trinajstić information content (AvgIpc) is 2.24. The van der Waals surface area contributed by atoms with Crippen molar-refractivity contribution in [2.24, 2.45) is 0 Å². The van der Waals surface area contributed by atoms with Crippen molar-refractivity contribution in [1.82, 2.24) is 0 Å². The van der Waals surface area contributed by atoms with E-state index >= 15 is 0 Å². The van der Waals surface area contributed by atoms with Gasteiger partial charge < -0.3 is 4.74 Å². The van der Waals surface area contributed by atoms with Crippen molar-refractivity contribution in [2.45, 2.75) is 13.3 Å². The normalized spacial score (nSPS) is 10.6. The zero-order chi connectivity index (χ0) is 11.3. The highest BCUT2D eigenvalue weighted by Gasteiger charge is 1.99. The van der Waals surface area contributed by atoms with Crippen LogP contribution in [0.25, 0.3) is 6.08 Å². The molecule has 0 fully saturated rings. The lowest BCUT2D eigenvalue weighted by atomic mass is 10.1. The fraction of sp³-hybridized carbons (Fsp3) is 0.250.